The lowest BCUT2D eigenvalue weighted by atomic mass is 9.85. The average Bonchev–Trinajstić information content (AvgIpc) is 3.25. The van der Waals surface area contributed by atoms with Crippen molar-refractivity contribution < 1.29 is 27.6 Å². The van der Waals surface area contributed by atoms with Crippen LogP contribution in [0.25, 0.3) is 0 Å². The monoisotopic (exact) mass is 652 g/mol. The summed E-state index contributed by atoms with van der Waals surface area (Å²) in [7, 11) is -3.28. The van der Waals surface area contributed by atoms with Crippen molar-refractivity contribution in [1.82, 2.24) is 30.7 Å². The van der Waals surface area contributed by atoms with Crippen LogP contribution in [0.4, 0.5) is 0 Å². The molecule has 0 bridgehead atoms. The molecule has 1 unspecified atom stereocenters. The first-order valence-electron chi connectivity index (χ1n) is 16.4. The van der Waals surface area contributed by atoms with E-state index in [1.807, 2.05) is 41.5 Å². The van der Waals surface area contributed by atoms with Crippen LogP contribution in [0.2, 0.25) is 0 Å². The fourth-order valence-electron chi connectivity index (χ4n) is 6.70. The second-order valence-corrected chi connectivity index (χ2v) is 17.0. The van der Waals surface area contributed by atoms with E-state index in [0.717, 1.165) is 6.42 Å². The number of carbonyl (C=O) groups is 4. The fourth-order valence-corrected chi connectivity index (χ4v) is 8.25. The average molecular weight is 653 g/mol. The summed E-state index contributed by atoms with van der Waals surface area (Å²) in [4.78, 5) is 55.5. The van der Waals surface area contributed by atoms with Crippen LogP contribution >= 0.6 is 0 Å². The number of fused-ring (bicyclic) bond motifs is 1. The highest BCUT2D eigenvalue weighted by atomic mass is 32.2. The lowest BCUT2D eigenvalue weighted by molar-refractivity contribution is -0.145. The van der Waals surface area contributed by atoms with Crippen LogP contribution in [0.1, 0.15) is 81.1 Å². The van der Waals surface area contributed by atoms with Crippen LogP contribution in [0, 0.1) is 28.6 Å². The van der Waals surface area contributed by atoms with Gasteiger partial charge < -0.3 is 15.5 Å². The number of sulfonamides is 1. The predicted molar refractivity (Wildman–Crippen MR) is 174 cm³/mol. The molecule has 3 fully saturated rings. The molecule has 45 heavy (non-hydrogen) atoms. The molecule has 0 aromatic carbocycles. The van der Waals surface area contributed by atoms with Gasteiger partial charge >= 0.3 is 0 Å². The molecule has 0 aromatic heterocycles. The number of rotatable bonds is 16. The molecule has 6 atom stereocenters. The number of likely N-dealkylation sites (tertiary alicyclic amines) is 1. The van der Waals surface area contributed by atoms with Gasteiger partial charge in [0, 0.05) is 32.2 Å². The van der Waals surface area contributed by atoms with Gasteiger partial charge in [0.2, 0.25) is 27.6 Å². The van der Waals surface area contributed by atoms with Crippen molar-refractivity contribution in [2.45, 2.75) is 105 Å². The summed E-state index contributed by atoms with van der Waals surface area (Å²) in [5.41, 5.74) is 5.82. The topological polar surface area (TPSA) is 157 Å². The molecule has 13 heteroatoms. The van der Waals surface area contributed by atoms with Crippen molar-refractivity contribution >= 4 is 33.5 Å². The molecule has 0 spiro atoms. The Hall–Kier alpha value is -2.35. The molecule has 256 valence electrons. The molecule has 0 aromatic rings. The number of nitrogens with one attached hydrogen (secondary N) is 4. The summed E-state index contributed by atoms with van der Waals surface area (Å²) < 4.78 is 26.5. The highest BCUT2D eigenvalue weighted by molar-refractivity contribution is 7.89. The van der Waals surface area contributed by atoms with E-state index in [0.29, 0.717) is 38.9 Å². The number of hydrogen-bond donors (Lipinski definition) is 4. The van der Waals surface area contributed by atoms with Crippen LogP contribution < -0.4 is 21.5 Å². The van der Waals surface area contributed by atoms with E-state index in [4.69, 9.17) is 0 Å². The zero-order chi connectivity index (χ0) is 33.9. The third-order valence-electron chi connectivity index (χ3n) is 9.80. The Balaban J connectivity index is 1.81. The molecule has 1 saturated carbocycles. The second kappa shape index (κ2) is 14.6. The highest BCUT2D eigenvalue weighted by Gasteiger charge is 2.69. The first kappa shape index (κ1) is 37.1. The molecule has 12 nitrogen and oxygen atoms in total. The Morgan fingerprint density at radius 3 is 2.31 bits per heavy atom. The number of piperidine rings is 1. The SMILES string of the molecule is C=CCNC(=O)C(=O)C(CCCC)NC(=O)[C@@H]1[C@@H]2[C@H](CN1C(=O)[C@@H](NN[C@H](CN1CCCS1(=O)=O)C(C)C)C(C)(C)C)C2(C)C. The third kappa shape index (κ3) is 8.52. The molecular weight excluding hydrogens is 596 g/mol. The number of nitrogens with zero attached hydrogens (tertiary/aromatic N) is 2. The van der Waals surface area contributed by atoms with Crippen molar-refractivity contribution in [3.05, 3.63) is 12.7 Å². The Bertz CT molecular complexity index is 1230. The van der Waals surface area contributed by atoms with Crippen molar-refractivity contribution in [1.29, 1.82) is 0 Å². The van der Waals surface area contributed by atoms with Gasteiger partial charge in [0.05, 0.1) is 11.8 Å². The Kier molecular flexibility index (Phi) is 12.0. The van der Waals surface area contributed by atoms with Gasteiger partial charge in [-0.15, -0.1) is 6.58 Å². The van der Waals surface area contributed by atoms with Gasteiger partial charge in [0.15, 0.2) is 0 Å². The van der Waals surface area contributed by atoms with Gasteiger partial charge in [-0.05, 0) is 41.4 Å². The van der Waals surface area contributed by atoms with Gasteiger partial charge in [0.1, 0.15) is 12.1 Å². The standard InChI is InChI=1S/C32H56N6O6S/c1-10-12-14-22(26(39)29(41)33-15-11-2)34-28(40)25-24-21(32(24,8)9)18-38(25)30(42)27(31(5,6)7)36-35-23(20(3)4)19-37-16-13-17-45(37,43)44/h11,20-25,27,35-36H,2,10,12-19H2,1,3-9H3,(H,33,41)(H,34,40)/t21-,22?,23+,24-,25-,27+/m0/s1. The summed E-state index contributed by atoms with van der Waals surface area (Å²) in [5, 5.41) is 5.36. The van der Waals surface area contributed by atoms with Gasteiger partial charge in [-0.2, -0.15) is 0 Å². The maximum Gasteiger partial charge on any atom is 0.289 e. The normalized spacial score (nSPS) is 25.7. The zero-order valence-corrected chi connectivity index (χ0v) is 29.3. The molecule has 2 heterocycles. The third-order valence-corrected chi connectivity index (χ3v) is 11.7. The van der Waals surface area contributed by atoms with Crippen LogP contribution in [0.15, 0.2) is 12.7 Å². The van der Waals surface area contributed by atoms with E-state index in [1.54, 1.807) is 4.90 Å². The summed E-state index contributed by atoms with van der Waals surface area (Å²) in [5.74, 6) is -1.86. The molecule has 2 saturated heterocycles. The molecule has 0 radical (unpaired) electrons. The summed E-state index contributed by atoms with van der Waals surface area (Å²) in [6.07, 6.45) is 3.83. The second-order valence-electron chi connectivity index (χ2n) is 14.9. The number of unbranched alkanes of at least 4 members (excludes halogenated alkanes) is 1. The van der Waals surface area contributed by atoms with Crippen molar-refractivity contribution in [3.8, 4) is 0 Å². The van der Waals surface area contributed by atoms with Crippen molar-refractivity contribution in [2.24, 2.45) is 28.6 Å². The van der Waals surface area contributed by atoms with Gasteiger partial charge in [0.25, 0.3) is 5.91 Å². The van der Waals surface area contributed by atoms with Crippen LogP contribution in [0.3, 0.4) is 0 Å². The van der Waals surface area contributed by atoms with E-state index >= 15 is 0 Å². The van der Waals surface area contributed by atoms with E-state index in [2.05, 4.69) is 41.9 Å². The Labute approximate surface area is 269 Å². The number of hydrazine groups is 1. The Morgan fingerprint density at radius 2 is 1.78 bits per heavy atom. The number of ketones is 1. The van der Waals surface area contributed by atoms with Gasteiger partial charge in [-0.25, -0.2) is 18.1 Å². The molecule has 3 amide bonds. The smallest absolute Gasteiger partial charge is 0.289 e. The van der Waals surface area contributed by atoms with E-state index in [-0.39, 0.29) is 47.4 Å². The maximum atomic E-state index is 14.3. The number of carbonyl (C=O) groups excluding carboxylic acids is 4. The molecule has 1 aliphatic carbocycles. The predicted octanol–water partition coefficient (Wildman–Crippen LogP) is 1.58. The Morgan fingerprint density at radius 1 is 1.11 bits per heavy atom. The van der Waals surface area contributed by atoms with Crippen molar-refractivity contribution in [3.63, 3.8) is 0 Å². The first-order valence-corrected chi connectivity index (χ1v) is 18.0. The molecule has 2 aliphatic heterocycles. The zero-order valence-electron chi connectivity index (χ0n) is 28.4. The minimum absolute atomic E-state index is 0.0732. The summed E-state index contributed by atoms with van der Waals surface area (Å²) in [6, 6.07) is -2.76. The van der Waals surface area contributed by atoms with Gasteiger partial charge in [-0.1, -0.05) is 74.3 Å². The number of amides is 3. The van der Waals surface area contributed by atoms with Crippen LogP contribution in [-0.4, -0.2) is 97.2 Å². The minimum atomic E-state index is -3.28. The molecule has 3 aliphatic rings. The fraction of sp³-hybridized carbons (Fsp3) is 0.812. The van der Waals surface area contributed by atoms with E-state index in [1.165, 1.54) is 10.4 Å². The molecular formula is C32H56N6O6S. The largest absolute Gasteiger partial charge is 0.346 e. The lowest BCUT2D eigenvalue weighted by Gasteiger charge is -2.39. The summed E-state index contributed by atoms with van der Waals surface area (Å²) in [6.45, 7) is 20.9. The molecule has 3 rings (SSSR count). The van der Waals surface area contributed by atoms with Crippen molar-refractivity contribution in [2.75, 3.05) is 31.9 Å². The lowest BCUT2D eigenvalue weighted by Crippen LogP contribution is -2.63. The van der Waals surface area contributed by atoms with Crippen LogP contribution in [0.5, 0.6) is 0 Å². The van der Waals surface area contributed by atoms with E-state index in [9.17, 15) is 27.6 Å². The molecule has 4 N–H and O–H groups in total. The number of hydrogen-bond acceptors (Lipinski definition) is 8. The quantitative estimate of drug-likeness (QED) is 0.111. The first-order chi connectivity index (χ1) is 20.9. The number of Topliss-reactive ketones (excluding diaryl/α,β-unsaturated/α-hetero) is 1. The van der Waals surface area contributed by atoms with Crippen LogP contribution in [-0.2, 0) is 29.2 Å². The summed E-state index contributed by atoms with van der Waals surface area (Å²) >= 11 is 0. The van der Waals surface area contributed by atoms with Gasteiger partial charge in [-0.3, -0.25) is 24.6 Å². The maximum absolute atomic E-state index is 14.3. The van der Waals surface area contributed by atoms with E-state index < -0.39 is 51.2 Å². The minimum Gasteiger partial charge on any atom is -0.346 e. The highest BCUT2D eigenvalue weighted by Crippen LogP contribution is 2.65.